The number of benzene rings is 1. The molecule has 1 N–H and O–H groups in total. The first-order valence-electron chi connectivity index (χ1n) is 6.45. The van der Waals surface area contributed by atoms with Crippen LogP contribution in [0.25, 0.3) is 0 Å². The van der Waals surface area contributed by atoms with Gasteiger partial charge in [0, 0.05) is 12.6 Å². The molecule has 0 fully saturated rings. The van der Waals surface area contributed by atoms with Gasteiger partial charge in [0.25, 0.3) is 0 Å². The fourth-order valence-electron chi connectivity index (χ4n) is 1.85. The molecule has 1 aromatic carbocycles. The van der Waals surface area contributed by atoms with E-state index in [1.54, 1.807) is 0 Å². The predicted octanol–water partition coefficient (Wildman–Crippen LogP) is 3.59. The molecule has 0 amide bonds. The minimum absolute atomic E-state index is 0.0141. The van der Waals surface area contributed by atoms with E-state index in [9.17, 15) is 22.4 Å². The molecular weight excluding hydrogens is 354 g/mol. The summed E-state index contributed by atoms with van der Waals surface area (Å²) in [7, 11) is 1.50. The Hall–Kier alpha value is -2.42. The number of ether oxygens (including phenoxy) is 1. The van der Waals surface area contributed by atoms with E-state index in [2.05, 4.69) is 15.3 Å². The van der Waals surface area contributed by atoms with Crippen molar-refractivity contribution >= 4 is 23.2 Å². The van der Waals surface area contributed by atoms with Crippen LogP contribution >= 0.6 is 11.6 Å². The topological polar surface area (TPSA) is 64.1 Å². The van der Waals surface area contributed by atoms with Crippen molar-refractivity contribution in [2.75, 3.05) is 19.0 Å². The maximum atomic E-state index is 13.2. The van der Waals surface area contributed by atoms with Crippen LogP contribution in [0.2, 0.25) is 5.28 Å². The van der Waals surface area contributed by atoms with Gasteiger partial charge in [-0.3, -0.25) is 4.79 Å². The molecule has 0 bridgehead atoms. The number of Topliss-reactive ketones (excluding diaryl/α,β-unsaturated/α-hetero) is 1. The molecule has 24 heavy (non-hydrogen) atoms. The summed E-state index contributed by atoms with van der Waals surface area (Å²) in [6, 6.07) is 1.66. The number of nitrogens with one attached hydrogen (secondary N) is 1. The number of hydrogen-bond acceptors (Lipinski definition) is 5. The van der Waals surface area contributed by atoms with E-state index >= 15 is 0 Å². The molecule has 0 spiro atoms. The van der Waals surface area contributed by atoms with Crippen LogP contribution in [0, 0.1) is 5.82 Å². The Bertz CT molecular complexity index is 768. The summed E-state index contributed by atoms with van der Waals surface area (Å²) in [6.07, 6.45) is -3.64. The first-order valence-corrected chi connectivity index (χ1v) is 6.83. The van der Waals surface area contributed by atoms with Crippen LogP contribution < -0.4 is 10.1 Å². The van der Waals surface area contributed by atoms with E-state index in [0.29, 0.717) is 18.2 Å². The third-order valence-electron chi connectivity index (χ3n) is 2.91. The zero-order chi connectivity index (χ0) is 17.9. The quantitative estimate of drug-likeness (QED) is 0.499. The Morgan fingerprint density at radius 1 is 1.38 bits per heavy atom. The summed E-state index contributed by atoms with van der Waals surface area (Å²) in [6.45, 7) is -0.758. The van der Waals surface area contributed by atoms with Gasteiger partial charge in [-0.2, -0.15) is 18.2 Å². The molecule has 0 radical (unpaired) electrons. The van der Waals surface area contributed by atoms with Crippen molar-refractivity contribution in [3.63, 3.8) is 0 Å². The SMILES string of the molecule is CNc1nc(Cl)ncc1OCC(=O)c1cc(F)ccc1C(F)(F)F. The number of carbonyl (C=O) groups is 1. The fraction of sp³-hybridized carbons (Fsp3) is 0.214. The molecule has 0 unspecified atom stereocenters. The highest BCUT2D eigenvalue weighted by Gasteiger charge is 2.35. The summed E-state index contributed by atoms with van der Waals surface area (Å²) >= 11 is 5.59. The van der Waals surface area contributed by atoms with E-state index < -0.39 is 35.5 Å². The number of ketones is 1. The highest BCUT2D eigenvalue weighted by atomic mass is 35.5. The molecule has 0 aliphatic heterocycles. The average Bonchev–Trinajstić information content (AvgIpc) is 2.51. The van der Waals surface area contributed by atoms with Gasteiger partial charge in [-0.1, -0.05) is 0 Å². The van der Waals surface area contributed by atoms with Crippen molar-refractivity contribution in [2.24, 2.45) is 0 Å². The van der Waals surface area contributed by atoms with Crippen molar-refractivity contribution in [1.82, 2.24) is 9.97 Å². The van der Waals surface area contributed by atoms with Crippen LogP contribution in [0.1, 0.15) is 15.9 Å². The summed E-state index contributed by atoms with van der Waals surface area (Å²) in [5, 5.41) is 2.55. The number of alkyl halides is 3. The highest BCUT2D eigenvalue weighted by molar-refractivity contribution is 6.28. The predicted molar refractivity (Wildman–Crippen MR) is 77.8 cm³/mol. The van der Waals surface area contributed by atoms with Crippen molar-refractivity contribution in [1.29, 1.82) is 0 Å². The number of anilines is 1. The first kappa shape index (κ1) is 17.9. The molecule has 10 heteroatoms. The molecule has 1 aromatic heterocycles. The van der Waals surface area contributed by atoms with Gasteiger partial charge in [-0.05, 0) is 29.8 Å². The lowest BCUT2D eigenvalue weighted by atomic mass is 10.0. The number of nitrogens with zero attached hydrogens (tertiary/aromatic N) is 2. The molecular formula is C14H10ClF4N3O2. The van der Waals surface area contributed by atoms with Gasteiger partial charge in [0.2, 0.25) is 11.1 Å². The van der Waals surface area contributed by atoms with Crippen LogP contribution in [0.15, 0.2) is 24.4 Å². The lowest BCUT2D eigenvalue weighted by Gasteiger charge is -2.13. The highest BCUT2D eigenvalue weighted by Crippen LogP contribution is 2.32. The molecule has 0 aliphatic rings. The Kier molecular flexibility index (Phi) is 5.23. The minimum atomic E-state index is -4.79. The number of rotatable bonds is 5. The standard InChI is InChI=1S/C14H10ClF4N3O2/c1-20-12-11(5-21-13(15)22-12)24-6-10(23)8-4-7(16)2-3-9(8)14(17,18)19/h2-5H,6H2,1H3,(H,20,21,22). The molecule has 0 aliphatic carbocycles. The summed E-state index contributed by atoms with van der Waals surface area (Å²) in [5.74, 6) is -1.84. The molecule has 0 atom stereocenters. The second-order valence-corrected chi connectivity index (χ2v) is 4.84. The molecule has 2 aromatic rings. The van der Waals surface area contributed by atoms with Crippen LogP contribution in [0.4, 0.5) is 23.4 Å². The van der Waals surface area contributed by atoms with Gasteiger partial charge < -0.3 is 10.1 Å². The lowest BCUT2D eigenvalue weighted by molar-refractivity contribution is -0.138. The van der Waals surface area contributed by atoms with Crippen LogP contribution in [-0.4, -0.2) is 29.4 Å². The second-order valence-electron chi connectivity index (χ2n) is 4.50. The van der Waals surface area contributed by atoms with Crippen molar-refractivity contribution in [3.8, 4) is 5.75 Å². The van der Waals surface area contributed by atoms with Crippen molar-refractivity contribution in [2.45, 2.75) is 6.18 Å². The summed E-state index contributed by atoms with van der Waals surface area (Å²) < 4.78 is 57.1. The Labute approximate surface area is 138 Å². The van der Waals surface area contributed by atoms with Gasteiger partial charge in [0.05, 0.1) is 11.8 Å². The Balaban J connectivity index is 2.24. The van der Waals surface area contributed by atoms with Crippen molar-refractivity contribution in [3.05, 3.63) is 46.6 Å². The molecule has 0 saturated heterocycles. The number of carbonyl (C=O) groups excluding carboxylic acids is 1. The molecule has 128 valence electrons. The van der Waals surface area contributed by atoms with Gasteiger partial charge in [0.1, 0.15) is 5.82 Å². The number of aromatic nitrogens is 2. The van der Waals surface area contributed by atoms with E-state index in [1.165, 1.54) is 7.05 Å². The molecule has 1 heterocycles. The van der Waals surface area contributed by atoms with E-state index in [1.807, 2.05) is 0 Å². The van der Waals surface area contributed by atoms with Gasteiger partial charge in [-0.15, -0.1) is 0 Å². The largest absolute Gasteiger partial charge is 0.480 e. The average molecular weight is 364 g/mol. The minimum Gasteiger partial charge on any atom is -0.480 e. The maximum Gasteiger partial charge on any atom is 0.417 e. The fourth-order valence-corrected chi connectivity index (χ4v) is 1.98. The third kappa shape index (κ3) is 4.10. The Morgan fingerprint density at radius 3 is 2.71 bits per heavy atom. The van der Waals surface area contributed by atoms with E-state index in [0.717, 1.165) is 6.20 Å². The maximum absolute atomic E-state index is 13.2. The smallest absolute Gasteiger partial charge is 0.417 e. The van der Waals surface area contributed by atoms with E-state index in [4.69, 9.17) is 16.3 Å². The van der Waals surface area contributed by atoms with Gasteiger partial charge in [-0.25, -0.2) is 9.37 Å². The van der Waals surface area contributed by atoms with E-state index in [-0.39, 0.29) is 16.9 Å². The lowest BCUT2D eigenvalue weighted by Crippen LogP contribution is -2.19. The van der Waals surface area contributed by atoms with Crippen LogP contribution in [0.3, 0.4) is 0 Å². The van der Waals surface area contributed by atoms with Gasteiger partial charge >= 0.3 is 6.18 Å². The zero-order valence-corrected chi connectivity index (χ0v) is 12.9. The van der Waals surface area contributed by atoms with Crippen LogP contribution in [-0.2, 0) is 6.18 Å². The number of halogens is 5. The summed E-state index contributed by atoms with van der Waals surface area (Å²) in [5.41, 5.74) is -2.05. The molecule has 0 saturated carbocycles. The zero-order valence-electron chi connectivity index (χ0n) is 12.1. The summed E-state index contributed by atoms with van der Waals surface area (Å²) in [4.78, 5) is 19.5. The van der Waals surface area contributed by atoms with Crippen molar-refractivity contribution < 1.29 is 27.1 Å². The van der Waals surface area contributed by atoms with Crippen LogP contribution in [0.5, 0.6) is 5.75 Å². The molecule has 2 rings (SSSR count). The Morgan fingerprint density at radius 2 is 2.08 bits per heavy atom. The number of hydrogen-bond donors (Lipinski definition) is 1. The third-order valence-corrected chi connectivity index (χ3v) is 3.09. The molecule has 5 nitrogen and oxygen atoms in total. The second kappa shape index (κ2) is 7.00. The van der Waals surface area contributed by atoms with Gasteiger partial charge in [0.15, 0.2) is 18.2 Å². The monoisotopic (exact) mass is 363 g/mol. The normalized spacial score (nSPS) is 11.2. The first-order chi connectivity index (χ1) is 11.2.